The Hall–Kier alpha value is -1.42. The third-order valence-corrected chi connectivity index (χ3v) is 4.54. The Kier molecular flexibility index (Phi) is 8.56. The van der Waals surface area contributed by atoms with Gasteiger partial charge in [-0.25, -0.2) is 15.0 Å². The van der Waals surface area contributed by atoms with Crippen LogP contribution in [0.5, 0.6) is 0 Å². The molecule has 26 heavy (non-hydrogen) atoms. The quantitative estimate of drug-likeness (QED) is 0.374. The molecule has 1 aromatic carbocycles. The number of hydrogen-bond donors (Lipinski definition) is 1. The van der Waals surface area contributed by atoms with Crippen LogP contribution < -0.4 is 10.2 Å². The first-order valence-electron chi connectivity index (χ1n) is 8.56. The van der Waals surface area contributed by atoms with Gasteiger partial charge in [0.15, 0.2) is 5.96 Å². The molecule has 1 aliphatic heterocycles. The van der Waals surface area contributed by atoms with Crippen LogP contribution in [0.3, 0.4) is 0 Å². The SMILES string of the molecule is CCNC(=NCc1cccc(Br)c1)N1CCN(c2ncccn2)CC1.I. The average molecular weight is 531 g/mol. The molecule has 0 radical (unpaired) electrons. The predicted molar refractivity (Wildman–Crippen MR) is 120 cm³/mol. The number of guanidine groups is 1. The topological polar surface area (TPSA) is 56.7 Å². The molecule has 8 heteroatoms. The summed E-state index contributed by atoms with van der Waals surface area (Å²) in [6.07, 6.45) is 3.58. The minimum atomic E-state index is 0. The molecule has 1 aromatic heterocycles. The van der Waals surface area contributed by atoms with Crippen LogP contribution >= 0.6 is 39.9 Å². The molecular weight excluding hydrogens is 507 g/mol. The lowest BCUT2D eigenvalue weighted by molar-refractivity contribution is 0.370. The molecule has 1 aliphatic rings. The highest BCUT2D eigenvalue weighted by Gasteiger charge is 2.20. The molecule has 0 saturated carbocycles. The molecule has 1 fully saturated rings. The molecule has 1 N–H and O–H groups in total. The molecule has 2 aromatic rings. The molecule has 1 saturated heterocycles. The first-order chi connectivity index (χ1) is 12.3. The third kappa shape index (κ3) is 5.80. The van der Waals surface area contributed by atoms with Crippen molar-refractivity contribution in [3.8, 4) is 0 Å². The van der Waals surface area contributed by atoms with Crippen LogP contribution in [-0.2, 0) is 6.54 Å². The van der Waals surface area contributed by atoms with Crippen molar-refractivity contribution in [2.24, 2.45) is 4.99 Å². The lowest BCUT2D eigenvalue weighted by Gasteiger charge is -2.36. The van der Waals surface area contributed by atoms with Gasteiger partial charge in [0.05, 0.1) is 6.54 Å². The van der Waals surface area contributed by atoms with E-state index in [-0.39, 0.29) is 24.0 Å². The van der Waals surface area contributed by atoms with Crippen molar-refractivity contribution >= 4 is 51.8 Å². The smallest absolute Gasteiger partial charge is 0.225 e. The highest BCUT2D eigenvalue weighted by Crippen LogP contribution is 2.13. The average Bonchev–Trinajstić information content (AvgIpc) is 2.66. The molecule has 140 valence electrons. The van der Waals surface area contributed by atoms with Gasteiger partial charge in [-0.15, -0.1) is 24.0 Å². The first-order valence-corrected chi connectivity index (χ1v) is 9.35. The van der Waals surface area contributed by atoms with E-state index in [1.807, 2.05) is 18.2 Å². The first kappa shape index (κ1) is 20.9. The van der Waals surface area contributed by atoms with Gasteiger partial charge >= 0.3 is 0 Å². The molecule has 0 bridgehead atoms. The van der Waals surface area contributed by atoms with Crippen LogP contribution in [0, 0.1) is 0 Å². The van der Waals surface area contributed by atoms with Gasteiger partial charge in [-0.1, -0.05) is 28.1 Å². The van der Waals surface area contributed by atoms with Gasteiger partial charge in [0.2, 0.25) is 5.95 Å². The van der Waals surface area contributed by atoms with E-state index in [1.54, 1.807) is 12.4 Å². The van der Waals surface area contributed by atoms with E-state index in [0.29, 0.717) is 6.54 Å². The van der Waals surface area contributed by atoms with E-state index >= 15 is 0 Å². The highest BCUT2D eigenvalue weighted by molar-refractivity contribution is 14.0. The largest absolute Gasteiger partial charge is 0.357 e. The fraction of sp³-hybridized carbons (Fsp3) is 0.389. The Morgan fingerprint density at radius 1 is 1.15 bits per heavy atom. The summed E-state index contributed by atoms with van der Waals surface area (Å²) in [5.41, 5.74) is 1.20. The number of piperazine rings is 1. The maximum absolute atomic E-state index is 4.81. The Balaban J connectivity index is 0.00000243. The fourth-order valence-electron chi connectivity index (χ4n) is 2.80. The highest BCUT2D eigenvalue weighted by atomic mass is 127. The van der Waals surface area contributed by atoms with Gasteiger partial charge in [0.1, 0.15) is 0 Å². The molecule has 0 aliphatic carbocycles. The molecule has 0 unspecified atom stereocenters. The van der Waals surface area contributed by atoms with Gasteiger partial charge in [0, 0.05) is 49.6 Å². The van der Waals surface area contributed by atoms with Crippen LogP contribution in [-0.4, -0.2) is 53.6 Å². The zero-order chi connectivity index (χ0) is 17.5. The monoisotopic (exact) mass is 530 g/mol. The maximum atomic E-state index is 4.81. The minimum absolute atomic E-state index is 0. The Bertz CT molecular complexity index is 704. The summed E-state index contributed by atoms with van der Waals surface area (Å²) in [7, 11) is 0. The second-order valence-electron chi connectivity index (χ2n) is 5.82. The maximum Gasteiger partial charge on any atom is 0.225 e. The minimum Gasteiger partial charge on any atom is -0.357 e. The van der Waals surface area contributed by atoms with Crippen LogP contribution in [0.4, 0.5) is 5.95 Å². The van der Waals surface area contributed by atoms with E-state index in [0.717, 1.165) is 49.1 Å². The summed E-state index contributed by atoms with van der Waals surface area (Å²) in [6.45, 7) is 7.23. The van der Waals surface area contributed by atoms with Crippen molar-refractivity contribution in [2.75, 3.05) is 37.6 Å². The summed E-state index contributed by atoms with van der Waals surface area (Å²) in [6, 6.07) is 10.1. The van der Waals surface area contributed by atoms with E-state index in [1.165, 1.54) is 5.56 Å². The number of nitrogens with zero attached hydrogens (tertiary/aromatic N) is 5. The van der Waals surface area contributed by atoms with Gasteiger partial charge in [-0.2, -0.15) is 0 Å². The summed E-state index contributed by atoms with van der Waals surface area (Å²) in [5, 5.41) is 3.41. The second-order valence-corrected chi connectivity index (χ2v) is 6.74. The van der Waals surface area contributed by atoms with E-state index in [9.17, 15) is 0 Å². The Morgan fingerprint density at radius 2 is 1.88 bits per heavy atom. The fourth-order valence-corrected chi connectivity index (χ4v) is 3.25. The van der Waals surface area contributed by atoms with E-state index in [4.69, 9.17) is 4.99 Å². The molecule has 0 spiro atoms. The third-order valence-electron chi connectivity index (χ3n) is 4.05. The number of rotatable bonds is 4. The number of hydrogen-bond acceptors (Lipinski definition) is 4. The summed E-state index contributed by atoms with van der Waals surface area (Å²) in [4.78, 5) is 18.0. The Labute approximate surface area is 180 Å². The van der Waals surface area contributed by atoms with E-state index < -0.39 is 0 Å². The molecule has 3 rings (SSSR count). The normalized spacial score (nSPS) is 14.8. The number of benzene rings is 1. The van der Waals surface area contributed by atoms with Crippen LogP contribution in [0.2, 0.25) is 0 Å². The van der Waals surface area contributed by atoms with Crippen molar-refractivity contribution in [3.05, 3.63) is 52.8 Å². The van der Waals surface area contributed by atoms with Gasteiger partial charge in [-0.05, 0) is 30.7 Å². The summed E-state index contributed by atoms with van der Waals surface area (Å²) >= 11 is 3.51. The lowest BCUT2D eigenvalue weighted by atomic mass is 10.2. The van der Waals surface area contributed by atoms with Crippen molar-refractivity contribution in [1.29, 1.82) is 0 Å². The zero-order valence-corrected chi connectivity index (χ0v) is 18.7. The molecule has 0 amide bonds. The standard InChI is InChI=1S/C18H23BrN6.HI/c1-2-20-17(23-14-15-5-3-6-16(19)13-15)24-9-11-25(12-10-24)18-21-7-4-8-22-18;/h3-8,13H,2,9-12,14H2,1H3,(H,20,23);1H. The summed E-state index contributed by atoms with van der Waals surface area (Å²) < 4.78 is 1.08. The second kappa shape index (κ2) is 10.7. The molecule has 2 heterocycles. The molecule has 6 nitrogen and oxygen atoms in total. The van der Waals surface area contributed by atoms with Gasteiger partial charge in [-0.3, -0.25) is 0 Å². The summed E-state index contributed by atoms with van der Waals surface area (Å²) in [5.74, 6) is 1.77. The van der Waals surface area contributed by atoms with Gasteiger partial charge in [0.25, 0.3) is 0 Å². The number of nitrogens with one attached hydrogen (secondary N) is 1. The number of anilines is 1. The van der Waals surface area contributed by atoms with E-state index in [2.05, 4.69) is 60.1 Å². The predicted octanol–water partition coefficient (Wildman–Crippen LogP) is 3.14. The number of halogens is 2. The van der Waals surface area contributed by atoms with Crippen molar-refractivity contribution in [3.63, 3.8) is 0 Å². The van der Waals surface area contributed by atoms with Crippen molar-refractivity contribution in [1.82, 2.24) is 20.2 Å². The Morgan fingerprint density at radius 3 is 2.54 bits per heavy atom. The number of aromatic nitrogens is 2. The van der Waals surface area contributed by atoms with Crippen LogP contribution in [0.15, 0.2) is 52.2 Å². The zero-order valence-electron chi connectivity index (χ0n) is 14.8. The molecule has 0 atom stereocenters. The van der Waals surface area contributed by atoms with Gasteiger partial charge < -0.3 is 15.1 Å². The van der Waals surface area contributed by atoms with Crippen molar-refractivity contribution in [2.45, 2.75) is 13.5 Å². The van der Waals surface area contributed by atoms with Crippen LogP contribution in [0.25, 0.3) is 0 Å². The van der Waals surface area contributed by atoms with Crippen molar-refractivity contribution < 1.29 is 0 Å². The number of aliphatic imine (C=N–C) groups is 1. The lowest BCUT2D eigenvalue weighted by Crippen LogP contribution is -2.52. The molecular formula is C18H24BrIN6. The van der Waals surface area contributed by atoms with Crippen LogP contribution in [0.1, 0.15) is 12.5 Å².